The van der Waals surface area contributed by atoms with Gasteiger partial charge in [0.2, 0.25) is 0 Å². The zero-order valence-corrected chi connectivity index (χ0v) is 14.8. The van der Waals surface area contributed by atoms with Crippen molar-refractivity contribution < 1.29 is 17.7 Å². The normalized spacial score (nSPS) is 34.5. The van der Waals surface area contributed by atoms with Gasteiger partial charge in [-0.15, -0.1) is 0 Å². The van der Waals surface area contributed by atoms with E-state index in [2.05, 4.69) is 12.1 Å². The third-order valence-corrected chi connectivity index (χ3v) is 7.12. The molecule has 0 unspecified atom stereocenters. The second-order valence-corrected chi connectivity index (χ2v) is 9.78. The molecule has 5 heteroatoms. The average Bonchev–Trinajstić information content (AvgIpc) is 2.50. The van der Waals surface area contributed by atoms with Crippen LogP contribution in [0.25, 0.3) is 0 Å². The van der Waals surface area contributed by atoms with Crippen LogP contribution in [0.4, 0.5) is 0 Å². The third-order valence-electron chi connectivity index (χ3n) is 6.32. The molecule has 0 aliphatic heterocycles. The van der Waals surface area contributed by atoms with Crippen molar-refractivity contribution in [2.45, 2.75) is 50.4 Å². The molecule has 4 bridgehead atoms. The van der Waals surface area contributed by atoms with E-state index in [1.807, 2.05) is 12.1 Å². The Bertz CT molecular complexity index is 657. The van der Waals surface area contributed by atoms with Crippen molar-refractivity contribution in [2.75, 3.05) is 12.4 Å². The predicted octanol–water partition coefficient (Wildman–Crippen LogP) is 3.81. The summed E-state index contributed by atoms with van der Waals surface area (Å²) in [6.07, 6.45) is 8.72. The van der Waals surface area contributed by atoms with Crippen molar-refractivity contribution in [3.63, 3.8) is 0 Å². The zero-order valence-electron chi connectivity index (χ0n) is 14.0. The van der Waals surface area contributed by atoms with Crippen molar-refractivity contribution in [3.8, 4) is 5.75 Å². The summed E-state index contributed by atoms with van der Waals surface area (Å²) < 4.78 is 35.7. The topological polar surface area (TPSA) is 63.6 Å². The molecule has 4 nitrogen and oxygen atoms in total. The number of hydrogen-bond acceptors (Lipinski definition) is 3. The Kier molecular flexibility index (Phi) is 4.12. The number of rotatable bonds is 6. The first-order valence-electron chi connectivity index (χ1n) is 9.10. The highest BCUT2D eigenvalue weighted by atomic mass is 32.2. The van der Waals surface area contributed by atoms with Crippen LogP contribution in [0, 0.1) is 17.8 Å². The van der Waals surface area contributed by atoms with E-state index in [9.17, 15) is 8.42 Å². The molecule has 4 aliphatic carbocycles. The summed E-state index contributed by atoms with van der Waals surface area (Å²) in [5.41, 5.74) is 1.87. The van der Waals surface area contributed by atoms with Crippen molar-refractivity contribution in [3.05, 3.63) is 29.8 Å². The van der Waals surface area contributed by atoms with Crippen molar-refractivity contribution in [1.29, 1.82) is 0 Å². The molecular formula is C19H26O4S. The maximum atomic E-state index is 10.7. The third kappa shape index (κ3) is 3.33. The first-order chi connectivity index (χ1) is 11.4. The fourth-order valence-corrected chi connectivity index (χ4v) is 6.28. The Morgan fingerprint density at radius 3 is 2.04 bits per heavy atom. The highest BCUT2D eigenvalue weighted by Gasteiger charge is 2.51. The van der Waals surface area contributed by atoms with Crippen LogP contribution >= 0.6 is 0 Å². The summed E-state index contributed by atoms with van der Waals surface area (Å²) in [4.78, 5) is 0. The van der Waals surface area contributed by atoms with Gasteiger partial charge in [0.05, 0.1) is 12.4 Å². The van der Waals surface area contributed by atoms with Crippen LogP contribution in [-0.4, -0.2) is 25.3 Å². The highest BCUT2D eigenvalue weighted by Crippen LogP contribution is 2.60. The fourth-order valence-electron chi connectivity index (χ4n) is 5.80. The van der Waals surface area contributed by atoms with Crippen molar-refractivity contribution >= 4 is 10.1 Å². The smallest absolute Gasteiger partial charge is 0.264 e. The van der Waals surface area contributed by atoms with E-state index in [0.29, 0.717) is 18.4 Å². The highest BCUT2D eigenvalue weighted by molar-refractivity contribution is 7.85. The molecule has 1 aromatic carbocycles. The molecule has 0 aromatic heterocycles. The molecule has 0 heterocycles. The molecule has 0 spiro atoms. The molecule has 4 saturated carbocycles. The van der Waals surface area contributed by atoms with E-state index in [-0.39, 0.29) is 5.75 Å². The monoisotopic (exact) mass is 350 g/mol. The summed E-state index contributed by atoms with van der Waals surface area (Å²) in [6.45, 7) is 0.302. The van der Waals surface area contributed by atoms with Crippen molar-refractivity contribution in [1.82, 2.24) is 0 Å². The minimum atomic E-state index is -3.89. The molecule has 4 aliphatic rings. The van der Waals surface area contributed by atoms with Crippen LogP contribution in [0.1, 0.15) is 50.5 Å². The first-order valence-corrected chi connectivity index (χ1v) is 10.7. The largest absolute Gasteiger partial charge is 0.494 e. The van der Waals surface area contributed by atoms with Crippen molar-refractivity contribution in [2.24, 2.45) is 17.8 Å². The molecule has 24 heavy (non-hydrogen) atoms. The quantitative estimate of drug-likeness (QED) is 0.626. The van der Waals surface area contributed by atoms with Gasteiger partial charge in [0, 0.05) is 0 Å². The van der Waals surface area contributed by atoms with Crippen LogP contribution < -0.4 is 4.74 Å². The van der Waals surface area contributed by atoms with E-state index in [4.69, 9.17) is 9.29 Å². The number of benzene rings is 1. The summed E-state index contributed by atoms with van der Waals surface area (Å²) in [7, 11) is -3.89. The Balaban J connectivity index is 1.39. The molecule has 4 fully saturated rings. The molecular weight excluding hydrogens is 324 g/mol. The van der Waals surface area contributed by atoms with Gasteiger partial charge in [-0.05, 0) is 85.8 Å². The van der Waals surface area contributed by atoms with Gasteiger partial charge >= 0.3 is 0 Å². The van der Waals surface area contributed by atoms with E-state index in [0.717, 1.165) is 23.5 Å². The first kappa shape index (κ1) is 16.4. The molecule has 5 rings (SSSR count). The van der Waals surface area contributed by atoms with Gasteiger partial charge in [0.25, 0.3) is 10.1 Å². The lowest BCUT2D eigenvalue weighted by molar-refractivity contribution is -0.00520. The lowest BCUT2D eigenvalue weighted by Gasteiger charge is -2.57. The van der Waals surface area contributed by atoms with E-state index >= 15 is 0 Å². The second kappa shape index (κ2) is 6.03. The van der Waals surface area contributed by atoms with Crippen LogP contribution in [0.3, 0.4) is 0 Å². The summed E-state index contributed by atoms with van der Waals surface area (Å²) >= 11 is 0. The van der Waals surface area contributed by atoms with Gasteiger partial charge in [0.15, 0.2) is 0 Å². The molecule has 132 valence electrons. The van der Waals surface area contributed by atoms with E-state index in [1.165, 1.54) is 44.1 Å². The van der Waals surface area contributed by atoms with Crippen LogP contribution in [0.5, 0.6) is 5.75 Å². The molecule has 1 N–H and O–H groups in total. The predicted molar refractivity (Wildman–Crippen MR) is 92.8 cm³/mol. The van der Waals surface area contributed by atoms with Crippen LogP contribution in [0.15, 0.2) is 24.3 Å². The molecule has 0 radical (unpaired) electrons. The number of hydrogen-bond donors (Lipinski definition) is 1. The Hall–Kier alpha value is -1.07. The molecule has 0 atom stereocenters. The minimum Gasteiger partial charge on any atom is -0.494 e. The Morgan fingerprint density at radius 1 is 1.00 bits per heavy atom. The summed E-state index contributed by atoms with van der Waals surface area (Å²) in [6, 6.07) is 8.46. The fraction of sp³-hybridized carbons (Fsp3) is 0.684. The van der Waals surface area contributed by atoms with E-state index in [1.54, 1.807) is 0 Å². The van der Waals surface area contributed by atoms with E-state index < -0.39 is 10.1 Å². The molecule has 1 aromatic rings. The lowest BCUT2D eigenvalue weighted by atomic mass is 9.48. The summed E-state index contributed by atoms with van der Waals surface area (Å²) in [5, 5.41) is 0. The van der Waals surface area contributed by atoms with Gasteiger partial charge in [-0.25, -0.2) is 0 Å². The van der Waals surface area contributed by atoms with Gasteiger partial charge in [0.1, 0.15) is 5.75 Å². The van der Waals surface area contributed by atoms with Crippen LogP contribution in [0.2, 0.25) is 0 Å². The van der Waals surface area contributed by atoms with Gasteiger partial charge in [-0.2, -0.15) is 8.42 Å². The average molecular weight is 350 g/mol. The van der Waals surface area contributed by atoms with Crippen LogP contribution in [-0.2, 0) is 15.5 Å². The molecule has 0 amide bonds. The zero-order chi connectivity index (χ0) is 16.8. The minimum absolute atomic E-state index is 0.252. The second-order valence-electron chi connectivity index (χ2n) is 8.21. The number of ether oxygens (including phenoxy) is 1. The maximum absolute atomic E-state index is 10.7. The lowest BCUT2D eigenvalue weighted by Crippen LogP contribution is -2.48. The molecule has 0 saturated heterocycles. The standard InChI is InChI=1S/C19H26O4S/c20-24(21,22)7-1-6-23-18-4-2-17(3-5-18)19-11-14-8-15(12-19)10-16(9-14)13-19/h2-5,14-16H,1,6-13H2,(H,20,21,22). The summed E-state index contributed by atoms with van der Waals surface area (Å²) in [5.74, 6) is 3.34. The van der Waals surface area contributed by atoms with Gasteiger partial charge in [-0.3, -0.25) is 4.55 Å². The Labute approximate surface area is 144 Å². The SMILES string of the molecule is O=S(=O)(O)CCCOc1ccc(C23CC4CC(CC(C4)C2)C3)cc1. The maximum Gasteiger partial charge on any atom is 0.264 e. The van der Waals surface area contributed by atoms with Gasteiger partial charge in [-0.1, -0.05) is 12.1 Å². The Morgan fingerprint density at radius 2 is 1.54 bits per heavy atom. The van der Waals surface area contributed by atoms with Gasteiger partial charge < -0.3 is 4.74 Å².